The first-order chi connectivity index (χ1) is 11.2. The molecular formula is C18H21NO3S2. The van der Waals surface area contributed by atoms with E-state index in [1.165, 1.54) is 11.8 Å². The van der Waals surface area contributed by atoms with Gasteiger partial charge in [-0.25, -0.2) is 0 Å². The summed E-state index contributed by atoms with van der Waals surface area (Å²) in [6, 6.07) is 7.29. The number of thioether (sulfide) groups is 1. The first kappa shape index (κ1) is 18.7. The van der Waals surface area contributed by atoms with Crippen molar-refractivity contribution in [2.75, 3.05) is 12.4 Å². The molecule has 0 unspecified atom stereocenters. The van der Waals surface area contributed by atoms with Crippen molar-refractivity contribution in [1.82, 2.24) is 4.57 Å². The second kappa shape index (κ2) is 7.49. The summed E-state index contributed by atoms with van der Waals surface area (Å²) in [5.41, 5.74) is 0.819. The molecule has 0 saturated carbocycles. The summed E-state index contributed by atoms with van der Waals surface area (Å²) in [4.78, 5) is 24.9. The Kier molecular flexibility index (Phi) is 5.83. The molecule has 0 spiro atoms. The van der Waals surface area contributed by atoms with Crippen LogP contribution in [0.4, 0.5) is 0 Å². The molecule has 0 amide bonds. The molecule has 0 N–H and O–H groups in total. The predicted octanol–water partition coefficient (Wildman–Crippen LogP) is 4.56. The van der Waals surface area contributed by atoms with Gasteiger partial charge in [0.25, 0.3) is 0 Å². The minimum Gasteiger partial charge on any atom is -0.479 e. The van der Waals surface area contributed by atoms with Crippen molar-refractivity contribution >= 4 is 51.0 Å². The maximum atomic E-state index is 12.5. The van der Waals surface area contributed by atoms with Gasteiger partial charge in [0.15, 0.2) is 5.78 Å². The quantitative estimate of drug-likeness (QED) is 0.588. The monoisotopic (exact) mass is 363 g/mol. The van der Waals surface area contributed by atoms with Gasteiger partial charge in [0.1, 0.15) is 0 Å². The third-order valence-corrected chi connectivity index (χ3v) is 4.69. The van der Waals surface area contributed by atoms with Crippen molar-refractivity contribution in [2.24, 2.45) is 5.41 Å². The van der Waals surface area contributed by atoms with E-state index >= 15 is 0 Å². The van der Waals surface area contributed by atoms with E-state index in [1.54, 1.807) is 22.9 Å². The fourth-order valence-electron chi connectivity index (χ4n) is 2.21. The van der Waals surface area contributed by atoms with Gasteiger partial charge < -0.3 is 4.74 Å². The molecule has 0 aliphatic carbocycles. The minimum absolute atomic E-state index is 0.00556. The number of ketones is 1. The predicted molar refractivity (Wildman–Crippen MR) is 103 cm³/mol. The lowest BCUT2D eigenvalue weighted by Crippen LogP contribution is -2.26. The van der Waals surface area contributed by atoms with Crippen LogP contribution in [0.3, 0.4) is 0 Å². The van der Waals surface area contributed by atoms with E-state index < -0.39 is 5.41 Å². The summed E-state index contributed by atoms with van der Waals surface area (Å²) in [6.45, 7) is 7.97. The van der Waals surface area contributed by atoms with Crippen LogP contribution in [0.2, 0.25) is 0 Å². The van der Waals surface area contributed by atoms with Crippen LogP contribution in [0.5, 0.6) is 0 Å². The van der Waals surface area contributed by atoms with Crippen LogP contribution in [0.25, 0.3) is 10.9 Å². The molecule has 6 heteroatoms. The van der Waals surface area contributed by atoms with Crippen molar-refractivity contribution < 1.29 is 14.3 Å². The summed E-state index contributed by atoms with van der Waals surface area (Å²) < 4.78 is 7.16. The van der Waals surface area contributed by atoms with Gasteiger partial charge in [-0.15, -0.1) is 0 Å². The number of rotatable bonds is 4. The number of carbonyl (C=O) groups is 2. The zero-order chi connectivity index (χ0) is 17.9. The van der Waals surface area contributed by atoms with Gasteiger partial charge in [-0.05, 0) is 31.3 Å². The SMILES string of the molecule is CCOC(=S)SCC(=O)c1ccc2ccn(C(=O)C(C)(C)C)c2c1. The van der Waals surface area contributed by atoms with E-state index in [1.807, 2.05) is 39.8 Å². The largest absolute Gasteiger partial charge is 0.479 e. The van der Waals surface area contributed by atoms with Gasteiger partial charge >= 0.3 is 0 Å². The molecule has 0 atom stereocenters. The molecule has 2 rings (SSSR count). The summed E-state index contributed by atoms with van der Waals surface area (Å²) in [5, 5.41) is 0.932. The highest BCUT2D eigenvalue weighted by Crippen LogP contribution is 2.24. The molecular weight excluding hydrogens is 342 g/mol. The molecule has 1 heterocycles. The number of aromatic nitrogens is 1. The van der Waals surface area contributed by atoms with Gasteiger partial charge in [-0.3, -0.25) is 14.2 Å². The van der Waals surface area contributed by atoms with Crippen molar-refractivity contribution in [1.29, 1.82) is 0 Å². The highest BCUT2D eigenvalue weighted by atomic mass is 32.2. The number of thiocarbonyl (C=S) groups is 1. The number of Topliss-reactive ketones (excluding diaryl/α,β-unsaturated/α-hetero) is 1. The molecule has 4 nitrogen and oxygen atoms in total. The Labute approximate surface area is 151 Å². The van der Waals surface area contributed by atoms with Crippen LogP contribution < -0.4 is 0 Å². The van der Waals surface area contributed by atoms with Gasteiger partial charge in [0.2, 0.25) is 10.3 Å². The third-order valence-electron chi connectivity index (χ3n) is 3.46. The fourth-order valence-corrected chi connectivity index (χ4v) is 3.12. The molecule has 1 aromatic heterocycles. The molecule has 0 radical (unpaired) electrons. The second-order valence-corrected chi connectivity index (χ2v) is 7.99. The van der Waals surface area contributed by atoms with Crippen molar-refractivity contribution in [3.05, 3.63) is 36.0 Å². The van der Waals surface area contributed by atoms with E-state index in [9.17, 15) is 9.59 Å². The Hall–Kier alpha value is -1.66. The summed E-state index contributed by atoms with van der Waals surface area (Å²) >= 11 is 6.23. The second-order valence-electron chi connectivity index (χ2n) is 6.41. The summed E-state index contributed by atoms with van der Waals surface area (Å²) in [7, 11) is 0. The lowest BCUT2D eigenvalue weighted by atomic mass is 9.95. The number of carbonyl (C=O) groups excluding carboxylic acids is 2. The maximum absolute atomic E-state index is 12.5. The molecule has 0 aliphatic heterocycles. The van der Waals surface area contributed by atoms with Crippen LogP contribution in [0.1, 0.15) is 42.8 Å². The van der Waals surface area contributed by atoms with E-state index in [-0.39, 0.29) is 17.4 Å². The standard InChI is InChI=1S/C18H21NO3S2/c1-5-22-17(23)24-11-15(20)13-7-6-12-8-9-19(14(12)10-13)16(21)18(2,3)4/h6-10H,5,11H2,1-4H3. The molecule has 0 fully saturated rings. The first-order valence-corrected chi connectivity index (χ1v) is 9.12. The molecule has 0 aliphatic rings. The van der Waals surface area contributed by atoms with E-state index in [0.717, 1.165) is 10.9 Å². The van der Waals surface area contributed by atoms with Crippen LogP contribution in [-0.2, 0) is 4.74 Å². The molecule has 128 valence electrons. The topological polar surface area (TPSA) is 48.3 Å². The third kappa shape index (κ3) is 4.24. The highest BCUT2D eigenvalue weighted by Gasteiger charge is 2.24. The Morgan fingerprint density at radius 2 is 1.96 bits per heavy atom. The molecule has 24 heavy (non-hydrogen) atoms. The van der Waals surface area contributed by atoms with E-state index in [2.05, 4.69) is 0 Å². The smallest absolute Gasteiger partial charge is 0.236 e. The van der Waals surface area contributed by atoms with E-state index in [0.29, 0.717) is 16.6 Å². The van der Waals surface area contributed by atoms with Crippen LogP contribution in [0.15, 0.2) is 30.5 Å². The Morgan fingerprint density at radius 3 is 2.58 bits per heavy atom. The summed E-state index contributed by atoms with van der Waals surface area (Å²) in [6.07, 6.45) is 1.76. The molecule has 0 saturated heterocycles. The summed E-state index contributed by atoms with van der Waals surface area (Å²) in [5.74, 6) is 0.173. The van der Waals surface area contributed by atoms with Gasteiger partial charge in [0.05, 0.1) is 17.9 Å². The normalized spacial score (nSPS) is 11.5. The van der Waals surface area contributed by atoms with Crippen molar-refractivity contribution in [3.63, 3.8) is 0 Å². The lowest BCUT2D eigenvalue weighted by Gasteiger charge is -2.18. The molecule has 2 aromatic rings. The fraction of sp³-hybridized carbons (Fsp3) is 0.389. The van der Waals surface area contributed by atoms with Gasteiger partial charge in [-0.1, -0.05) is 44.7 Å². The first-order valence-electron chi connectivity index (χ1n) is 7.72. The number of hydrogen-bond acceptors (Lipinski definition) is 5. The van der Waals surface area contributed by atoms with Crippen molar-refractivity contribution in [3.8, 4) is 0 Å². The Bertz CT molecular complexity index is 787. The Balaban J connectivity index is 2.25. The number of nitrogens with zero attached hydrogens (tertiary/aromatic N) is 1. The van der Waals surface area contributed by atoms with Crippen LogP contribution in [-0.4, -0.2) is 33.0 Å². The van der Waals surface area contributed by atoms with E-state index in [4.69, 9.17) is 17.0 Å². The number of ether oxygens (including phenoxy) is 1. The number of fused-ring (bicyclic) bond motifs is 1. The highest BCUT2D eigenvalue weighted by molar-refractivity contribution is 8.23. The van der Waals surface area contributed by atoms with Crippen molar-refractivity contribution in [2.45, 2.75) is 27.7 Å². The minimum atomic E-state index is -0.495. The zero-order valence-electron chi connectivity index (χ0n) is 14.3. The number of hydrogen-bond donors (Lipinski definition) is 0. The zero-order valence-corrected chi connectivity index (χ0v) is 15.9. The van der Waals surface area contributed by atoms with Crippen LogP contribution >= 0.6 is 24.0 Å². The molecule has 1 aromatic carbocycles. The maximum Gasteiger partial charge on any atom is 0.236 e. The average molecular weight is 364 g/mol. The van der Waals surface area contributed by atoms with Gasteiger partial charge in [-0.2, -0.15) is 0 Å². The Morgan fingerprint density at radius 1 is 1.25 bits per heavy atom. The average Bonchev–Trinajstić information content (AvgIpc) is 2.94. The van der Waals surface area contributed by atoms with Gasteiger partial charge in [0, 0.05) is 22.6 Å². The number of benzene rings is 1. The van der Waals surface area contributed by atoms with Crippen LogP contribution in [0, 0.1) is 5.41 Å². The molecule has 0 bridgehead atoms. The lowest BCUT2D eigenvalue weighted by molar-refractivity contribution is 0.0772.